The van der Waals surface area contributed by atoms with Gasteiger partial charge < -0.3 is 19.6 Å². The second kappa shape index (κ2) is 10.6. The van der Waals surface area contributed by atoms with E-state index in [1.54, 1.807) is 37.4 Å². The van der Waals surface area contributed by atoms with Crippen LogP contribution >= 0.6 is 23.2 Å². The molecule has 0 heterocycles. The van der Waals surface area contributed by atoms with Gasteiger partial charge in [-0.25, -0.2) is 0 Å². The van der Waals surface area contributed by atoms with E-state index >= 15 is 0 Å². The average Bonchev–Trinajstić information content (AvgIpc) is 2.66. The molecule has 0 unspecified atom stereocenters. The number of hydrogen-bond acceptors (Lipinski definition) is 5. The molecule has 1 N–H and O–H groups in total. The third kappa shape index (κ3) is 6.66. The van der Waals surface area contributed by atoms with Gasteiger partial charge in [0.2, 0.25) is 0 Å². The lowest BCUT2D eigenvalue weighted by Gasteiger charge is -2.10. The molecule has 1 amide bonds. The highest BCUT2D eigenvalue weighted by atomic mass is 35.5. The predicted molar refractivity (Wildman–Crippen MR) is 107 cm³/mol. The van der Waals surface area contributed by atoms with Crippen molar-refractivity contribution < 1.29 is 19.1 Å². The van der Waals surface area contributed by atoms with Crippen molar-refractivity contribution in [1.82, 2.24) is 0 Å². The number of anilines is 1. The number of nitrogens with zero attached hydrogens (tertiary/aromatic N) is 1. The minimum atomic E-state index is -0.405. The van der Waals surface area contributed by atoms with Crippen LogP contribution in [0.15, 0.2) is 41.6 Å². The number of carbonyl (C=O) groups is 1. The Hall–Kier alpha value is -2.44. The van der Waals surface area contributed by atoms with Crippen LogP contribution in [0.25, 0.3) is 0 Å². The summed E-state index contributed by atoms with van der Waals surface area (Å²) >= 11 is 11.9. The van der Waals surface area contributed by atoms with Gasteiger partial charge in [-0.15, -0.1) is 0 Å². The van der Waals surface area contributed by atoms with Gasteiger partial charge in [0.15, 0.2) is 18.1 Å². The highest BCUT2D eigenvalue weighted by Crippen LogP contribution is 2.28. The average molecular weight is 411 g/mol. The van der Waals surface area contributed by atoms with E-state index in [0.717, 1.165) is 12.0 Å². The first-order valence-electron chi connectivity index (χ1n) is 8.24. The Morgan fingerprint density at radius 2 is 2.00 bits per heavy atom. The molecular weight excluding hydrogens is 391 g/mol. The van der Waals surface area contributed by atoms with Crippen molar-refractivity contribution in [3.63, 3.8) is 0 Å². The van der Waals surface area contributed by atoms with Crippen molar-refractivity contribution in [3.05, 3.63) is 52.0 Å². The molecule has 0 aliphatic rings. The summed E-state index contributed by atoms with van der Waals surface area (Å²) in [5.41, 5.74) is 1.16. The molecule has 2 rings (SSSR count). The highest BCUT2D eigenvalue weighted by Gasteiger charge is 2.07. The summed E-state index contributed by atoms with van der Waals surface area (Å²) in [7, 11) is 1.57. The number of amides is 1. The molecule has 0 saturated heterocycles. The maximum Gasteiger partial charge on any atom is 0.265 e. The molecule has 6 nitrogen and oxygen atoms in total. The van der Waals surface area contributed by atoms with Crippen molar-refractivity contribution in [3.8, 4) is 11.5 Å². The van der Waals surface area contributed by atoms with E-state index in [9.17, 15) is 4.79 Å². The zero-order valence-electron chi connectivity index (χ0n) is 15.0. The smallest absolute Gasteiger partial charge is 0.265 e. The Balaban J connectivity index is 1.88. The van der Waals surface area contributed by atoms with Crippen LogP contribution in [0.2, 0.25) is 10.0 Å². The van der Waals surface area contributed by atoms with E-state index in [4.69, 9.17) is 37.5 Å². The lowest BCUT2D eigenvalue weighted by atomic mass is 10.2. The zero-order chi connectivity index (χ0) is 19.6. The third-order valence-corrected chi connectivity index (χ3v) is 3.89. The Morgan fingerprint density at radius 3 is 2.74 bits per heavy atom. The van der Waals surface area contributed by atoms with Crippen molar-refractivity contribution in [1.29, 1.82) is 0 Å². The second-order valence-corrected chi connectivity index (χ2v) is 6.28. The molecule has 0 aliphatic carbocycles. The SMILES string of the molecule is CCCOc1ccc(/C=N\OCC(=O)Nc2cc(Cl)ccc2Cl)cc1OC. The van der Waals surface area contributed by atoms with Gasteiger partial charge in [-0.1, -0.05) is 35.3 Å². The minimum Gasteiger partial charge on any atom is -0.493 e. The lowest BCUT2D eigenvalue weighted by molar-refractivity contribution is -0.120. The topological polar surface area (TPSA) is 69.2 Å². The number of halogens is 2. The van der Waals surface area contributed by atoms with Crippen LogP contribution in [0, 0.1) is 0 Å². The standard InChI is InChI=1S/C19H20Cl2N2O4/c1-3-8-26-17-7-4-13(9-18(17)25-2)11-22-27-12-19(24)23-16-10-14(20)5-6-15(16)21/h4-7,9-11H,3,8,12H2,1-2H3,(H,23,24)/b22-11-. The Labute approximate surface area is 168 Å². The van der Waals surface area contributed by atoms with Crippen molar-refractivity contribution in [2.24, 2.45) is 5.16 Å². The number of methoxy groups -OCH3 is 1. The van der Waals surface area contributed by atoms with Crippen LogP contribution in [0.1, 0.15) is 18.9 Å². The lowest BCUT2D eigenvalue weighted by Crippen LogP contribution is -2.17. The maximum absolute atomic E-state index is 11.9. The third-order valence-electron chi connectivity index (χ3n) is 3.32. The normalized spacial score (nSPS) is 10.7. The van der Waals surface area contributed by atoms with Crippen molar-refractivity contribution in [2.75, 3.05) is 25.6 Å². The van der Waals surface area contributed by atoms with Gasteiger partial charge in [0.1, 0.15) is 0 Å². The van der Waals surface area contributed by atoms with Crippen LogP contribution in [0.5, 0.6) is 11.5 Å². The maximum atomic E-state index is 11.9. The van der Waals surface area contributed by atoms with E-state index in [1.165, 1.54) is 6.21 Å². The van der Waals surface area contributed by atoms with Gasteiger partial charge >= 0.3 is 0 Å². The summed E-state index contributed by atoms with van der Waals surface area (Å²) in [5, 5.41) is 7.24. The number of benzene rings is 2. The first-order chi connectivity index (χ1) is 13.0. The van der Waals surface area contributed by atoms with Gasteiger partial charge in [-0.05, 0) is 42.8 Å². The molecule has 27 heavy (non-hydrogen) atoms. The molecule has 0 radical (unpaired) electrons. The molecular formula is C19H20Cl2N2O4. The highest BCUT2D eigenvalue weighted by molar-refractivity contribution is 6.35. The summed E-state index contributed by atoms with van der Waals surface area (Å²) in [4.78, 5) is 16.9. The molecule has 0 fully saturated rings. The van der Waals surface area contributed by atoms with Crippen LogP contribution in [-0.4, -0.2) is 32.4 Å². The van der Waals surface area contributed by atoms with E-state index in [-0.39, 0.29) is 6.61 Å². The van der Waals surface area contributed by atoms with E-state index in [0.29, 0.717) is 33.8 Å². The van der Waals surface area contributed by atoms with Gasteiger partial charge in [0, 0.05) is 10.6 Å². The van der Waals surface area contributed by atoms with Gasteiger partial charge in [-0.2, -0.15) is 0 Å². The molecule has 0 aromatic heterocycles. The van der Waals surface area contributed by atoms with E-state index in [1.807, 2.05) is 13.0 Å². The first-order valence-corrected chi connectivity index (χ1v) is 9.00. The molecule has 0 bridgehead atoms. The summed E-state index contributed by atoms with van der Waals surface area (Å²) in [6.07, 6.45) is 2.38. The monoisotopic (exact) mass is 410 g/mol. The molecule has 0 saturated carbocycles. The number of ether oxygens (including phenoxy) is 2. The largest absolute Gasteiger partial charge is 0.493 e. The molecule has 2 aromatic rings. The molecule has 144 valence electrons. The molecule has 8 heteroatoms. The quantitative estimate of drug-likeness (QED) is 0.476. The number of oxime groups is 1. The van der Waals surface area contributed by atoms with Gasteiger partial charge in [0.25, 0.3) is 5.91 Å². The fourth-order valence-corrected chi connectivity index (χ4v) is 2.41. The summed E-state index contributed by atoms with van der Waals surface area (Å²) < 4.78 is 10.9. The number of rotatable bonds is 9. The molecule has 0 spiro atoms. The van der Waals surface area contributed by atoms with Crippen molar-refractivity contribution >= 4 is 41.0 Å². The summed E-state index contributed by atoms with van der Waals surface area (Å²) in [6, 6.07) is 10.2. The van der Waals surface area contributed by atoms with Crippen LogP contribution in [0.4, 0.5) is 5.69 Å². The first kappa shape index (κ1) is 20.9. The zero-order valence-corrected chi connectivity index (χ0v) is 16.5. The Morgan fingerprint density at radius 1 is 1.19 bits per heavy atom. The van der Waals surface area contributed by atoms with E-state index in [2.05, 4.69) is 10.5 Å². The summed E-state index contributed by atoms with van der Waals surface area (Å²) in [6.45, 7) is 2.37. The number of carbonyl (C=O) groups excluding carboxylic acids is 1. The van der Waals surface area contributed by atoms with Crippen LogP contribution in [-0.2, 0) is 9.63 Å². The van der Waals surface area contributed by atoms with Crippen LogP contribution < -0.4 is 14.8 Å². The van der Waals surface area contributed by atoms with E-state index < -0.39 is 5.91 Å². The van der Waals surface area contributed by atoms with Gasteiger partial charge in [0.05, 0.1) is 30.6 Å². The Kier molecular flexibility index (Phi) is 8.23. The Bertz CT molecular complexity index is 812. The fourth-order valence-electron chi connectivity index (χ4n) is 2.07. The minimum absolute atomic E-state index is 0.270. The summed E-state index contributed by atoms with van der Waals surface area (Å²) in [5.74, 6) is 0.855. The fraction of sp³-hybridized carbons (Fsp3) is 0.263. The predicted octanol–water partition coefficient (Wildman–Crippen LogP) is 4.78. The van der Waals surface area contributed by atoms with Crippen LogP contribution in [0.3, 0.4) is 0 Å². The second-order valence-electron chi connectivity index (χ2n) is 5.44. The molecule has 2 aromatic carbocycles. The molecule has 0 aliphatic heterocycles. The number of nitrogens with one attached hydrogen (secondary N) is 1. The van der Waals surface area contributed by atoms with Gasteiger partial charge in [-0.3, -0.25) is 4.79 Å². The molecule has 0 atom stereocenters. The number of hydrogen-bond donors (Lipinski definition) is 1. The van der Waals surface area contributed by atoms with Crippen molar-refractivity contribution in [2.45, 2.75) is 13.3 Å².